The van der Waals surface area contributed by atoms with Crippen molar-refractivity contribution in [3.8, 4) is 0 Å². The molecule has 0 bridgehead atoms. The monoisotopic (exact) mass is 319 g/mol. The molecule has 116 valence electrons. The molecule has 6 nitrogen and oxygen atoms in total. The molecule has 1 atom stereocenters. The Morgan fingerprint density at radius 1 is 1.23 bits per heavy atom. The normalized spacial score (nSPS) is 29.4. The number of nitrogens with one attached hydrogen (secondary N) is 1. The van der Waals surface area contributed by atoms with Crippen molar-refractivity contribution in [2.75, 3.05) is 0 Å². The van der Waals surface area contributed by atoms with Crippen LogP contribution < -0.4 is 4.72 Å². The van der Waals surface area contributed by atoms with Gasteiger partial charge in [-0.2, -0.15) is 4.99 Å². The lowest BCUT2D eigenvalue weighted by atomic mass is 9.96. The number of hydrogen-bond donors (Lipinski definition) is 1. The molecular weight excluding hydrogens is 302 g/mol. The predicted octanol–water partition coefficient (Wildman–Crippen LogP) is 1.32. The third kappa shape index (κ3) is 2.48. The van der Waals surface area contributed by atoms with Crippen LogP contribution in [0.1, 0.15) is 32.6 Å². The Bertz CT molecular complexity index is 781. The lowest BCUT2D eigenvalue weighted by Gasteiger charge is -2.21. The highest BCUT2D eigenvalue weighted by Gasteiger charge is 2.42. The standard InChI is InChI=1S/C15H17N3O3S/c1-15(6-7-15)18-22(20,21)10-4-5-12-11(8-10)14(19)17-13(16-12)9-2-3-9/h4-5,8-9,11,18H,2-3,6-7H2,1H3. The molecule has 4 aliphatic rings. The maximum atomic E-state index is 12.4. The number of sulfonamides is 1. The summed E-state index contributed by atoms with van der Waals surface area (Å²) in [5, 5.41) is 0. The molecule has 7 heteroatoms. The summed E-state index contributed by atoms with van der Waals surface area (Å²) in [5.41, 5.74) is 0.258. The molecule has 3 aliphatic carbocycles. The molecule has 22 heavy (non-hydrogen) atoms. The maximum Gasteiger partial charge on any atom is 0.260 e. The van der Waals surface area contributed by atoms with Crippen molar-refractivity contribution in [2.45, 2.75) is 38.1 Å². The summed E-state index contributed by atoms with van der Waals surface area (Å²) in [6.45, 7) is 1.88. The lowest BCUT2D eigenvalue weighted by molar-refractivity contribution is -0.118. The van der Waals surface area contributed by atoms with E-state index in [9.17, 15) is 13.2 Å². The van der Waals surface area contributed by atoms with Crippen LogP contribution in [0.25, 0.3) is 0 Å². The van der Waals surface area contributed by atoms with Crippen LogP contribution in [0.2, 0.25) is 0 Å². The Labute approximate surface area is 129 Å². The first kappa shape index (κ1) is 14.0. The molecule has 0 aromatic rings. The van der Waals surface area contributed by atoms with E-state index in [1.807, 2.05) is 6.92 Å². The van der Waals surface area contributed by atoms with Crippen LogP contribution >= 0.6 is 0 Å². The second-order valence-corrected chi connectivity index (χ2v) is 8.35. The van der Waals surface area contributed by atoms with Gasteiger partial charge in [-0.25, -0.2) is 18.1 Å². The zero-order chi connectivity index (χ0) is 15.5. The highest BCUT2D eigenvalue weighted by molar-refractivity contribution is 7.93. The van der Waals surface area contributed by atoms with Crippen LogP contribution in [0, 0.1) is 11.8 Å². The Hall–Kier alpha value is -1.60. The van der Waals surface area contributed by atoms with Gasteiger partial charge in [0.25, 0.3) is 5.91 Å². The zero-order valence-corrected chi connectivity index (χ0v) is 13.1. The Kier molecular flexibility index (Phi) is 2.84. The molecule has 1 unspecified atom stereocenters. The summed E-state index contributed by atoms with van der Waals surface area (Å²) >= 11 is 0. The first-order chi connectivity index (χ1) is 10.4. The van der Waals surface area contributed by atoms with E-state index in [0.29, 0.717) is 17.5 Å². The Morgan fingerprint density at radius 2 is 1.95 bits per heavy atom. The fourth-order valence-corrected chi connectivity index (χ4v) is 4.13. The van der Waals surface area contributed by atoms with E-state index in [1.54, 1.807) is 6.08 Å². The zero-order valence-electron chi connectivity index (χ0n) is 12.2. The molecule has 0 saturated heterocycles. The highest BCUT2D eigenvalue weighted by Crippen LogP contribution is 2.37. The molecular formula is C15H17N3O3S. The van der Waals surface area contributed by atoms with Crippen LogP contribution in [-0.2, 0) is 14.8 Å². The minimum atomic E-state index is -3.60. The number of hydrogen-bond acceptors (Lipinski definition) is 4. The van der Waals surface area contributed by atoms with Gasteiger partial charge in [0.2, 0.25) is 10.0 Å². The molecule has 0 radical (unpaired) electrons. The van der Waals surface area contributed by atoms with E-state index in [0.717, 1.165) is 25.7 Å². The molecule has 1 amide bonds. The van der Waals surface area contributed by atoms with Crippen molar-refractivity contribution in [1.82, 2.24) is 4.72 Å². The highest BCUT2D eigenvalue weighted by atomic mass is 32.2. The fraction of sp³-hybridized carbons (Fsp3) is 0.533. The molecule has 0 spiro atoms. The van der Waals surface area contributed by atoms with E-state index >= 15 is 0 Å². The minimum Gasteiger partial charge on any atom is -0.271 e. The number of carbonyl (C=O) groups is 1. The van der Waals surface area contributed by atoms with Crippen LogP contribution in [0.15, 0.2) is 33.1 Å². The average Bonchev–Trinajstić information content (AvgIpc) is 3.35. The van der Waals surface area contributed by atoms with E-state index in [1.165, 1.54) is 12.2 Å². The fourth-order valence-electron chi connectivity index (χ4n) is 2.60. The number of carbonyl (C=O) groups excluding carboxylic acids is 1. The number of amides is 1. The number of amidine groups is 1. The van der Waals surface area contributed by atoms with Crippen molar-refractivity contribution in [2.24, 2.45) is 21.8 Å². The Balaban J connectivity index is 1.61. The molecule has 2 saturated carbocycles. The van der Waals surface area contributed by atoms with E-state index in [-0.39, 0.29) is 16.4 Å². The van der Waals surface area contributed by atoms with Crippen molar-refractivity contribution in [3.63, 3.8) is 0 Å². The minimum absolute atomic E-state index is 0.128. The van der Waals surface area contributed by atoms with Crippen molar-refractivity contribution < 1.29 is 13.2 Å². The van der Waals surface area contributed by atoms with E-state index < -0.39 is 15.9 Å². The average molecular weight is 319 g/mol. The van der Waals surface area contributed by atoms with Gasteiger partial charge >= 0.3 is 0 Å². The molecule has 1 N–H and O–H groups in total. The smallest absolute Gasteiger partial charge is 0.260 e. The number of nitrogens with zero attached hydrogens (tertiary/aromatic N) is 2. The van der Waals surface area contributed by atoms with Crippen LogP contribution in [0.5, 0.6) is 0 Å². The van der Waals surface area contributed by atoms with Crippen molar-refractivity contribution in [3.05, 3.63) is 23.1 Å². The molecule has 0 aromatic heterocycles. The largest absolute Gasteiger partial charge is 0.271 e. The predicted molar refractivity (Wildman–Crippen MR) is 83.0 cm³/mol. The second-order valence-electron chi connectivity index (χ2n) is 6.67. The summed E-state index contributed by atoms with van der Waals surface area (Å²) in [7, 11) is -3.60. The molecule has 4 rings (SSSR count). The quantitative estimate of drug-likeness (QED) is 0.847. The molecule has 2 fully saturated rings. The second kappa shape index (κ2) is 4.45. The summed E-state index contributed by atoms with van der Waals surface area (Å²) in [5.74, 6) is -0.0896. The number of rotatable bonds is 4. The van der Waals surface area contributed by atoms with Gasteiger partial charge in [-0.3, -0.25) is 4.79 Å². The lowest BCUT2D eigenvalue weighted by Crippen LogP contribution is -2.36. The van der Waals surface area contributed by atoms with Crippen LogP contribution in [0.4, 0.5) is 0 Å². The SMILES string of the molecule is CC1(NS(=O)(=O)C2=CC3C(=O)N=C(C4CC4)N=C3C=C2)CC1. The van der Waals surface area contributed by atoms with Gasteiger partial charge in [0, 0.05) is 11.5 Å². The summed E-state index contributed by atoms with van der Waals surface area (Å²) in [6.07, 6.45) is 8.34. The van der Waals surface area contributed by atoms with Gasteiger partial charge in [-0.05, 0) is 50.8 Å². The van der Waals surface area contributed by atoms with Gasteiger partial charge in [-0.1, -0.05) is 0 Å². The summed E-state index contributed by atoms with van der Waals surface area (Å²) < 4.78 is 27.5. The Morgan fingerprint density at radius 3 is 2.59 bits per heavy atom. The molecule has 1 aliphatic heterocycles. The maximum absolute atomic E-state index is 12.4. The third-order valence-electron chi connectivity index (χ3n) is 4.44. The third-order valence-corrected chi connectivity index (χ3v) is 6.09. The molecule has 1 heterocycles. The van der Waals surface area contributed by atoms with Gasteiger partial charge in [0.05, 0.1) is 10.6 Å². The van der Waals surface area contributed by atoms with Crippen molar-refractivity contribution >= 4 is 27.5 Å². The van der Waals surface area contributed by atoms with E-state index in [4.69, 9.17) is 0 Å². The van der Waals surface area contributed by atoms with Gasteiger partial charge in [0.15, 0.2) is 0 Å². The van der Waals surface area contributed by atoms with Gasteiger partial charge in [-0.15, -0.1) is 0 Å². The number of aliphatic imine (C=N–C) groups is 2. The number of allylic oxidation sites excluding steroid dienone is 2. The van der Waals surface area contributed by atoms with Crippen molar-refractivity contribution in [1.29, 1.82) is 0 Å². The number of fused-ring (bicyclic) bond motifs is 1. The van der Waals surface area contributed by atoms with Gasteiger partial charge in [0.1, 0.15) is 11.8 Å². The van der Waals surface area contributed by atoms with E-state index in [2.05, 4.69) is 14.7 Å². The summed E-state index contributed by atoms with van der Waals surface area (Å²) in [4.78, 5) is 20.8. The first-order valence-electron chi connectivity index (χ1n) is 7.51. The first-order valence-corrected chi connectivity index (χ1v) is 9.00. The molecule has 0 aromatic carbocycles. The van der Waals surface area contributed by atoms with Crippen LogP contribution in [0.3, 0.4) is 0 Å². The summed E-state index contributed by atoms with van der Waals surface area (Å²) in [6, 6.07) is 0. The topological polar surface area (TPSA) is 88.0 Å². The van der Waals surface area contributed by atoms with Crippen LogP contribution in [-0.4, -0.2) is 31.4 Å². The van der Waals surface area contributed by atoms with Gasteiger partial charge < -0.3 is 0 Å².